The topological polar surface area (TPSA) is 46.9 Å². The van der Waals surface area contributed by atoms with E-state index in [9.17, 15) is 18.0 Å². The molecule has 27 heavy (non-hydrogen) atoms. The summed E-state index contributed by atoms with van der Waals surface area (Å²) in [7, 11) is 0. The zero-order valence-corrected chi connectivity index (χ0v) is 17.3. The fraction of sp³-hybridized carbons (Fsp3) is 0.474. The minimum atomic E-state index is -4.40. The number of benzene rings is 1. The molecule has 3 rings (SSSR count). The molecule has 146 valence electrons. The molecule has 1 N–H and O–H groups in total. The highest BCUT2D eigenvalue weighted by Gasteiger charge is 2.34. The maximum absolute atomic E-state index is 13.2. The summed E-state index contributed by atoms with van der Waals surface area (Å²) in [4.78, 5) is 12.9. The molecule has 0 unspecified atom stereocenters. The standard InChI is InChI=1S/C19H21F3IN3O/c1-18(2,26-11-14(23)10-24-26)17(27)25-16-8-7-13(19(20,21)22)9-15(16)12-5-3-4-6-12/h7-12H,3-6H2,1-2H3,(H,25,27). The Morgan fingerprint density at radius 2 is 1.93 bits per heavy atom. The molecule has 0 aliphatic heterocycles. The molecule has 0 spiro atoms. The van der Waals surface area contributed by atoms with Gasteiger partial charge in [-0.3, -0.25) is 9.48 Å². The molecule has 1 aromatic carbocycles. The molecule has 1 aromatic heterocycles. The second kappa shape index (κ2) is 7.44. The number of carbonyl (C=O) groups is 1. The number of aromatic nitrogens is 2. The maximum Gasteiger partial charge on any atom is 0.416 e. The van der Waals surface area contributed by atoms with Gasteiger partial charge in [0.1, 0.15) is 5.54 Å². The van der Waals surface area contributed by atoms with Crippen molar-refractivity contribution in [3.05, 3.63) is 45.3 Å². The fourth-order valence-electron chi connectivity index (χ4n) is 3.41. The van der Waals surface area contributed by atoms with Crippen LogP contribution in [0.15, 0.2) is 30.6 Å². The number of nitrogens with zero attached hydrogens (tertiary/aromatic N) is 2. The van der Waals surface area contributed by atoms with Crippen LogP contribution in [0.5, 0.6) is 0 Å². The molecule has 1 saturated carbocycles. The van der Waals surface area contributed by atoms with Gasteiger partial charge in [0.2, 0.25) is 0 Å². The Kier molecular flexibility index (Phi) is 5.56. The summed E-state index contributed by atoms with van der Waals surface area (Å²) >= 11 is 2.11. The predicted octanol–water partition coefficient (Wildman–Crippen LogP) is 5.54. The average Bonchev–Trinajstić information content (AvgIpc) is 3.25. The van der Waals surface area contributed by atoms with Crippen molar-refractivity contribution in [1.82, 2.24) is 9.78 Å². The molecule has 1 aliphatic rings. The maximum atomic E-state index is 13.2. The van der Waals surface area contributed by atoms with E-state index < -0.39 is 17.3 Å². The van der Waals surface area contributed by atoms with Crippen molar-refractivity contribution in [3.63, 3.8) is 0 Å². The van der Waals surface area contributed by atoms with Crippen LogP contribution in [0.25, 0.3) is 0 Å². The van der Waals surface area contributed by atoms with E-state index in [1.807, 2.05) is 0 Å². The summed E-state index contributed by atoms with van der Waals surface area (Å²) in [6, 6.07) is 3.59. The molecule has 2 aromatic rings. The van der Waals surface area contributed by atoms with Crippen LogP contribution < -0.4 is 5.32 Å². The molecule has 0 saturated heterocycles. The van der Waals surface area contributed by atoms with Gasteiger partial charge in [-0.05, 0) is 79.0 Å². The highest BCUT2D eigenvalue weighted by Crippen LogP contribution is 2.41. The van der Waals surface area contributed by atoms with E-state index in [-0.39, 0.29) is 11.8 Å². The first kappa shape index (κ1) is 20.2. The number of nitrogens with one attached hydrogen (secondary N) is 1. The SMILES string of the molecule is CC(C)(C(=O)Nc1ccc(C(F)(F)F)cc1C1CCCC1)n1cc(I)cn1. The van der Waals surface area contributed by atoms with Gasteiger partial charge < -0.3 is 5.32 Å². The smallest absolute Gasteiger partial charge is 0.324 e. The predicted molar refractivity (Wildman–Crippen MR) is 106 cm³/mol. The lowest BCUT2D eigenvalue weighted by molar-refractivity contribution is -0.137. The van der Waals surface area contributed by atoms with Gasteiger partial charge in [-0.1, -0.05) is 12.8 Å². The highest BCUT2D eigenvalue weighted by molar-refractivity contribution is 14.1. The van der Waals surface area contributed by atoms with Crippen molar-refractivity contribution in [1.29, 1.82) is 0 Å². The average molecular weight is 491 g/mol. The van der Waals surface area contributed by atoms with Crippen LogP contribution in [0, 0.1) is 3.57 Å². The minimum absolute atomic E-state index is 0.0383. The van der Waals surface area contributed by atoms with Gasteiger partial charge in [0.25, 0.3) is 5.91 Å². The summed E-state index contributed by atoms with van der Waals surface area (Å²) in [5.41, 5.74) is -0.626. The number of hydrogen-bond acceptors (Lipinski definition) is 2. The van der Waals surface area contributed by atoms with Crippen LogP contribution in [0.3, 0.4) is 0 Å². The summed E-state index contributed by atoms with van der Waals surface area (Å²) in [5, 5.41) is 7.04. The third kappa shape index (κ3) is 4.30. The first-order valence-corrected chi connectivity index (χ1v) is 9.90. The van der Waals surface area contributed by atoms with Crippen LogP contribution in [0.2, 0.25) is 0 Å². The molecule has 0 radical (unpaired) electrons. The van der Waals surface area contributed by atoms with Gasteiger partial charge in [0, 0.05) is 11.9 Å². The molecular weight excluding hydrogens is 470 g/mol. The third-order valence-electron chi connectivity index (χ3n) is 5.10. The zero-order valence-electron chi connectivity index (χ0n) is 15.1. The van der Waals surface area contributed by atoms with Crippen molar-refractivity contribution >= 4 is 34.2 Å². The first-order valence-electron chi connectivity index (χ1n) is 8.82. The van der Waals surface area contributed by atoms with Crippen LogP contribution in [0.1, 0.15) is 56.6 Å². The molecule has 0 bridgehead atoms. The van der Waals surface area contributed by atoms with E-state index in [0.29, 0.717) is 11.3 Å². The largest absolute Gasteiger partial charge is 0.416 e. The Morgan fingerprint density at radius 3 is 2.48 bits per heavy atom. The van der Waals surface area contributed by atoms with Gasteiger partial charge in [-0.15, -0.1) is 0 Å². The number of hydrogen-bond donors (Lipinski definition) is 1. The number of carbonyl (C=O) groups excluding carboxylic acids is 1. The molecule has 1 aliphatic carbocycles. The van der Waals surface area contributed by atoms with E-state index in [1.165, 1.54) is 12.1 Å². The quantitative estimate of drug-likeness (QED) is 0.572. The summed E-state index contributed by atoms with van der Waals surface area (Å²) in [6.07, 6.45) is 2.66. The molecule has 4 nitrogen and oxygen atoms in total. The van der Waals surface area contributed by atoms with E-state index in [2.05, 4.69) is 33.0 Å². The second-order valence-electron chi connectivity index (χ2n) is 7.40. The zero-order chi connectivity index (χ0) is 19.8. The first-order chi connectivity index (χ1) is 12.6. The number of halogens is 4. The minimum Gasteiger partial charge on any atom is -0.324 e. The molecule has 1 heterocycles. The van der Waals surface area contributed by atoms with Crippen LogP contribution in [-0.2, 0) is 16.5 Å². The summed E-state index contributed by atoms with van der Waals surface area (Å²) in [6.45, 7) is 3.45. The lowest BCUT2D eigenvalue weighted by Gasteiger charge is -2.26. The van der Waals surface area contributed by atoms with Crippen molar-refractivity contribution in [3.8, 4) is 0 Å². The lowest BCUT2D eigenvalue weighted by atomic mass is 9.93. The van der Waals surface area contributed by atoms with Gasteiger partial charge in [-0.25, -0.2) is 0 Å². The Morgan fingerprint density at radius 1 is 1.26 bits per heavy atom. The van der Waals surface area contributed by atoms with Crippen LogP contribution in [-0.4, -0.2) is 15.7 Å². The second-order valence-corrected chi connectivity index (χ2v) is 8.64. The number of amides is 1. The van der Waals surface area contributed by atoms with E-state index in [4.69, 9.17) is 0 Å². The van der Waals surface area contributed by atoms with Gasteiger partial charge in [-0.2, -0.15) is 18.3 Å². The normalized spacial score (nSPS) is 15.9. The number of alkyl halides is 3. The van der Waals surface area contributed by atoms with Crippen molar-refractivity contribution in [2.24, 2.45) is 0 Å². The Hall–Kier alpha value is -1.58. The molecule has 8 heteroatoms. The van der Waals surface area contributed by atoms with E-state index in [0.717, 1.165) is 35.3 Å². The fourth-order valence-corrected chi connectivity index (χ4v) is 3.80. The van der Waals surface area contributed by atoms with Crippen molar-refractivity contribution in [2.45, 2.75) is 57.2 Å². The van der Waals surface area contributed by atoms with Gasteiger partial charge in [0.05, 0.1) is 15.3 Å². The van der Waals surface area contributed by atoms with Crippen LogP contribution in [0.4, 0.5) is 18.9 Å². The Labute approximate surface area is 169 Å². The summed E-state index contributed by atoms with van der Waals surface area (Å²) in [5.74, 6) is -0.280. The number of anilines is 1. The molecule has 1 amide bonds. The van der Waals surface area contributed by atoms with Crippen LogP contribution >= 0.6 is 22.6 Å². The molecule has 0 atom stereocenters. The monoisotopic (exact) mass is 491 g/mol. The van der Waals surface area contributed by atoms with E-state index >= 15 is 0 Å². The molecule has 1 fully saturated rings. The Bertz CT molecular complexity index is 839. The van der Waals surface area contributed by atoms with Crippen molar-refractivity contribution < 1.29 is 18.0 Å². The highest BCUT2D eigenvalue weighted by atomic mass is 127. The van der Waals surface area contributed by atoms with E-state index in [1.54, 1.807) is 30.9 Å². The lowest BCUT2D eigenvalue weighted by Crippen LogP contribution is -2.40. The van der Waals surface area contributed by atoms with Crippen molar-refractivity contribution in [2.75, 3.05) is 5.32 Å². The third-order valence-corrected chi connectivity index (χ3v) is 5.66. The number of rotatable bonds is 4. The Balaban J connectivity index is 1.92. The van der Waals surface area contributed by atoms with Gasteiger partial charge >= 0.3 is 6.18 Å². The summed E-state index contributed by atoms with van der Waals surface area (Å²) < 4.78 is 41.9. The van der Waals surface area contributed by atoms with Gasteiger partial charge in [0.15, 0.2) is 0 Å². The molecular formula is C19H21F3IN3O.